The number of amides is 2. The zero-order chi connectivity index (χ0) is 24.9. The van der Waals surface area contributed by atoms with E-state index >= 15 is 0 Å². The zero-order valence-corrected chi connectivity index (χ0v) is 20.7. The number of rotatable bonds is 7. The van der Waals surface area contributed by atoms with Crippen LogP contribution < -0.4 is 10.1 Å². The van der Waals surface area contributed by atoms with Gasteiger partial charge in [0.25, 0.3) is 5.91 Å². The average molecular weight is 499 g/mol. The molecule has 2 amide bonds. The van der Waals surface area contributed by atoms with Crippen LogP contribution in [0, 0.1) is 0 Å². The van der Waals surface area contributed by atoms with Crippen LogP contribution in [0.4, 0.5) is 0 Å². The summed E-state index contributed by atoms with van der Waals surface area (Å²) in [5.41, 5.74) is 4.52. The van der Waals surface area contributed by atoms with Crippen LogP contribution in [0.2, 0.25) is 0 Å². The fourth-order valence-corrected chi connectivity index (χ4v) is 5.09. The van der Waals surface area contributed by atoms with Gasteiger partial charge in [0.15, 0.2) is 0 Å². The molecule has 1 N–H and O–H groups in total. The topological polar surface area (TPSA) is 84.4 Å². The Morgan fingerprint density at radius 2 is 1.94 bits per heavy atom. The molecule has 0 radical (unpaired) electrons. The van der Waals surface area contributed by atoms with E-state index in [1.165, 1.54) is 16.9 Å². The Hall–Kier alpha value is -4.04. The summed E-state index contributed by atoms with van der Waals surface area (Å²) in [6.45, 7) is 2.90. The Labute approximate surface area is 213 Å². The summed E-state index contributed by atoms with van der Waals surface area (Å²) in [4.78, 5) is 35.4. The van der Waals surface area contributed by atoms with Crippen LogP contribution in [0.25, 0.3) is 0 Å². The minimum atomic E-state index is -0.244. The Bertz CT molecular complexity index is 1360. The highest BCUT2D eigenvalue weighted by Gasteiger charge is 2.30. The molecule has 2 aromatic carbocycles. The number of hydrogen-bond donors (Lipinski definition) is 1. The van der Waals surface area contributed by atoms with Gasteiger partial charge in [0.2, 0.25) is 5.91 Å². The Morgan fingerprint density at radius 1 is 1.11 bits per heavy atom. The number of hydrogen-bond acceptors (Lipinski definition) is 6. The molecule has 0 fully saturated rings. The number of nitrogens with one attached hydrogen (secondary N) is 1. The Kier molecular flexibility index (Phi) is 7.04. The molecule has 182 valence electrons. The van der Waals surface area contributed by atoms with Crippen LogP contribution in [-0.2, 0) is 24.4 Å². The number of thiazole rings is 1. The first-order chi connectivity index (χ1) is 17.6. The maximum atomic E-state index is 12.5. The largest absolute Gasteiger partial charge is 0.486 e. The summed E-state index contributed by atoms with van der Waals surface area (Å²) in [6, 6.07) is 21.6. The zero-order valence-electron chi connectivity index (χ0n) is 19.9. The second-order valence-electron chi connectivity index (χ2n) is 8.56. The van der Waals surface area contributed by atoms with E-state index < -0.39 is 0 Å². The van der Waals surface area contributed by atoms with Gasteiger partial charge < -0.3 is 15.0 Å². The normalized spacial score (nSPS) is 14.7. The van der Waals surface area contributed by atoms with Crippen molar-refractivity contribution in [1.29, 1.82) is 0 Å². The molecular formula is C28H26N4O3S. The van der Waals surface area contributed by atoms with Gasteiger partial charge in [-0.15, -0.1) is 11.3 Å². The van der Waals surface area contributed by atoms with Crippen molar-refractivity contribution in [2.75, 3.05) is 6.54 Å². The van der Waals surface area contributed by atoms with E-state index in [2.05, 4.69) is 33.5 Å². The van der Waals surface area contributed by atoms with Gasteiger partial charge in [-0.2, -0.15) is 0 Å². The molecule has 36 heavy (non-hydrogen) atoms. The van der Waals surface area contributed by atoms with Gasteiger partial charge >= 0.3 is 0 Å². The molecule has 0 saturated heterocycles. The minimum Gasteiger partial charge on any atom is -0.486 e. The number of carbonyl (C=O) groups excluding carboxylic acids is 2. The van der Waals surface area contributed by atoms with Crippen molar-refractivity contribution in [2.24, 2.45) is 0 Å². The van der Waals surface area contributed by atoms with Gasteiger partial charge in [-0.3, -0.25) is 14.6 Å². The fourth-order valence-electron chi connectivity index (χ4n) is 4.41. The van der Waals surface area contributed by atoms with Gasteiger partial charge in [-0.1, -0.05) is 42.5 Å². The summed E-state index contributed by atoms with van der Waals surface area (Å²) < 4.78 is 6.06. The third-order valence-electron chi connectivity index (χ3n) is 6.17. The number of fused-ring (bicyclic) bond motifs is 1. The molecule has 0 saturated carbocycles. The molecule has 5 rings (SSSR count). The summed E-state index contributed by atoms with van der Waals surface area (Å²) in [6.07, 6.45) is 2.50. The Balaban J connectivity index is 1.28. The standard InChI is InChI=1S/C28H26N4O3S/c1-19(33)32-14-12-20-10-11-23(15-24(20)27(32)21-7-3-2-4-8-21)35-17-26-31-25(18-36-26)28(34)30-16-22-9-5-6-13-29-22/h2-11,13,15,18,27H,12,14,16-17H2,1H3,(H,30,34). The number of pyridine rings is 1. The summed E-state index contributed by atoms with van der Waals surface area (Å²) in [7, 11) is 0. The predicted molar refractivity (Wildman–Crippen MR) is 138 cm³/mol. The van der Waals surface area contributed by atoms with Crippen molar-refractivity contribution in [3.8, 4) is 5.75 Å². The molecule has 0 spiro atoms. The van der Waals surface area contributed by atoms with E-state index in [9.17, 15) is 9.59 Å². The van der Waals surface area contributed by atoms with Crippen molar-refractivity contribution in [1.82, 2.24) is 20.2 Å². The molecule has 3 heterocycles. The van der Waals surface area contributed by atoms with Gasteiger partial charge in [0.05, 0.1) is 18.3 Å². The van der Waals surface area contributed by atoms with Crippen LogP contribution >= 0.6 is 11.3 Å². The molecular weight excluding hydrogens is 472 g/mol. The molecule has 1 aliphatic heterocycles. The van der Waals surface area contributed by atoms with E-state index in [4.69, 9.17) is 4.74 Å². The quantitative estimate of drug-likeness (QED) is 0.404. The second kappa shape index (κ2) is 10.7. The molecule has 0 bridgehead atoms. The monoisotopic (exact) mass is 498 g/mol. The number of ether oxygens (including phenoxy) is 1. The van der Waals surface area contributed by atoms with Gasteiger partial charge in [0, 0.05) is 25.0 Å². The molecule has 7 nitrogen and oxygen atoms in total. The van der Waals surface area contributed by atoms with Gasteiger partial charge in [0.1, 0.15) is 23.1 Å². The lowest BCUT2D eigenvalue weighted by Gasteiger charge is -2.37. The van der Waals surface area contributed by atoms with Crippen LogP contribution in [0.15, 0.2) is 78.3 Å². The predicted octanol–water partition coefficient (Wildman–Crippen LogP) is 4.54. The first-order valence-electron chi connectivity index (χ1n) is 11.8. The minimum absolute atomic E-state index is 0.0532. The Morgan fingerprint density at radius 3 is 2.72 bits per heavy atom. The van der Waals surface area contributed by atoms with Gasteiger partial charge in [-0.05, 0) is 47.4 Å². The number of aromatic nitrogens is 2. The third kappa shape index (κ3) is 5.28. The molecule has 4 aromatic rings. The lowest BCUT2D eigenvalue weighted by atomic mass is 9.88. The smallest absolute Gasteiger partial charge is 0.271 e. The third-order valence-corrected chi connectivity index (χ3v) is 6.99. The number of benzene rings is 2. The van der Waals surface area contributed by atoms with E-state index in [-0.39, 0.29) is 24.5 Å². The van der Waals surface area contributed by atoms with E-state index in [1.54, 1.807) is 18.5 Å². The highest BCUT2D eigenvalue weighted by Crippen LogP contribution is 2.37. The molecule has 2 aromatic heterocycles. The van der Waals surface area contributed by atoms with Crippen molar-refractivity contribution in [3.63, 3.8) is 0 Å². The first-order valence-corrected chi connectivity index (χ1v) is 12.7. The van der Waals surface area contributed by atoms with Crippen molar-refractivity contribution >= 4 is 23.2 Å². The molecule has 8 heteroatoms. The fraction of sp³-hybridized carbons (Fsp3) is 0.214. The van der Waals surface area contributed by atoms with E-state index in [0.29, 0.717) is 29.5 Å². The average Bonchev–Trinajstić information content (AvgIpc) is 3.40. The SMILES string of the molecule is CC(=O)N1CCc2ccc(OCc3nc(C(=O)NCc4ccccn4)cs3)cc2C1c1ccccc1. The van der Waals surface area contributed by atoms with Gasteiger partial charge in [-0.25, -0.2) is 4.98 Å². The highest BCUT2D eigenvalue weighted by molar-refractivity contribution is 7.09. The van der Waals surface area contributed by atoms with E-state index in [1.807, 2.05) is 53.4 Å². The first kappa shape index (κ1) is 23.7. The summed E-state index contributed by atoms with van der Waals surface area (Å²) in [5, 5.41) is 5.28. The number of carbonyl (C=O) groups is 2. The van der Waals surface area contributed by atoms with Crippen molar-refractivity contribution in [3.05, 3.63) is 111 Å². The molecule has 1 atom stereocenters. The van der Waals surface area contributed by atoms with Crippen molar-refractivity contribution in [2.45, 2.75) is 32.5 Å². The van der Waals surface area contributed by atoms with Crippen LogP contribution in [0.1, 0.15) is 50.8 Å². The van der Waals surface area contributed by atoms with Crippen LogP contribution in [0.5, 0.6) is 5.75 Å². The maximum absolute atomic E-state index is 12.5. The maximum Gasteiger partial charge on any atom is 0.271 e. The van der Waals surface area contributed by atoms with Crippen LogP contribution in [0.3, 0.4) is 0 Å². The number of nitrogens with zero attached hydrogens (tertiary/aromatic N) is 3. The lowest BCUT2D eigenvalue weighted by molar-refractivity contribution is -0.130. The highest BCUT2D eigenvalue weighted by atomic mass is 32.1. The lowest BCUT2D eigenvalue weighted by Crippen LogP contribution is -2.39. The van der Waals surface area contributed by atoms with E-state index in [0.717, 1.165) is 23.2 Å². The molecule has 1 aliphatic rings. The van der Waals surface area contributed by atoms with Crippen LogP contribution in [-0.4, -0.2) is 33.2 Å². The molecule has 1 unspecified atom stereocenters. The van der Waals surface area contributed by atoms with Crippen molar-refractivity contribution < 1.29 is 14.3 Å². The summed E-state index contributed by atoms with van der Waals surface area (Å²) >= 11 is 1.38. The second-order valence-corrected chi connectivity index (χ2v) is 9.50. The summed E-state index contributed by atoms with van der Waals surface area (Å²) in [5.74, 6) is 0.515. The molecule has 0 aliphatic carbocycles.